The minimum atomic E-state index is -4.07. The number of amides is 1. The Bertz CT molecular complexity index is 1230. The minimum absolute atomic E-state index is 0.109. The highest BCUT2D eigenvalue weighted by molar-refractivity contribution is 7.92. The van der Waals surface area contributed by atoms with Crippen molar-refractivity contribution < 1.29 is 17.6 Å². The average molecular weight is 422 g/mol. The second kappa shape index (κ2) is 9.25. The maximum absolute atomic E-state index is 13.8. The fraction of sp³-hybridized carbons (Fsp3) is 0.0870. The molecule has 5 nitrogen and oxygen atoms in total. The van der Waals surface area contributed by atoms with Crippen LogP contribution in [0.1, 0.15) is 21.5 Å². The predicted octanol–water partition coefficient (Wildman–Crippen LogP) is 3.72. The lowest BCUT2D eigenvalue weighted by Gasteiger charge is -2.11. The Labute approximate surface area is 175 Å². The summed E-state index contributed by atoms with van der Waals surface area (Å²) in [5.74, 6) is 4.64. The molecule has 0 aliphatic carbocycles. The monoisotopic (exact) mass is 422 g/mol. The molecule has 30 heavy (non-hydrogen) atoms. The summed E-state index contributed by atoms with van der Waals surface area (Å²) >= 11 is 0. The van der Waals surface area contributed by atoms with Crippen molar-refractivity contribution in [3.63, 3.8) is 0 Å². The maximum Gasteiger partial charge on any atom is 0.262 e. The van der Waals surface area contributed by atoms with Gasteiger partial charge in [-0.2, -0.15) is 0 Å². The maximum atomic E-state index is 13.8. The molecule has 3 aromatic rings. The van der Waals surface area contributed by atoms with Gasteiger partial charge in [0.15, 0.2) is 0 Å². The van der Waals surface area contributed by atoms with Crippen LogP contribution in [0, 0.1) is 24.6 Å². The van der Waals surface area contributed by atoms with E-state index in [4.69, 9.17) is 0 Å². The van der Waals surface area contributed by atoms with E-state index in [0.29, 0.717) is 5.56 Å². The number of carbonyl (C=O) groups is 1. The number of anilines is 1. The van der Waals surface area contributed by atoms with Gasteiger partial charge in [0.05, 0.1) is 17.1 Å². The lowest BCUT2D eigenvalue weighted by atomic mass is 10.1. The van der Waals surface area contributed by atoms with E-state index in [0.717, 1.165) is 11.6 Å². The molecule has 3 aromatic carbocycles. The van der Waals surface area contributed by atoms with E-state index in [-0.39, 0.29) is 22.7 Å². The van der Waals surface area contributed by atoms with Crippen LogP contribution in [-0.4, -0.2) is 20.9 Å². The molecule has 0 bridgehead atoms. The van der Waals surface area contributed by atoms with Crippen molar-refractivity contribution in [3.8, 4) is 11.8 Å². The molecule has 1 amide bonds. The number of aryl methyl sites for hydroxylation is 1. The molecule has 0 unspecified atom stereocenters. The molecule has 7 heteroatoms. The number of para-hydroxylation sites is 1. The Balaban J connectivity index is 1.75. The molecule has 0 saturated carbocycles. The molecule has 3 rings (SSSR count). The molecule has 152 valence electrons. The summed E-state index contributed by atoms with van der Waals surface area (Å²) in [4.78, 5) is 12.4. The molecule has 0 radical (unpaired) electrons. The van der Waals surface area contributed by atoms with Crippen molar-refractivity contribution in [1.82, 2.24) is 5.32 Å². The summed E-state index contributed by atoms with van der Waals surface area (Å²) < 4.78 is 41.3. The second-order valence-electron chi connectivity index (χ2n) is 6.41. The van der Waals surface area contributed by atoms with Gasteiger partial charge < -0.3 is 5.32 Å². The molecule has 0 heterocycles. The van der Waals surface area contributed by atoms with Crippen LogP contribution in [0.5, 0.6) is 0 Å². The van der Waals surface area contributed by atoms with Gasteiger partial charge in [0, 0.05) is 11.1 Å². The molecule has 0 fully saturated rings. The molecule has 0 aliphatic rings. The first-order chi connectivity index (χ1) is 14.4. The standard InChI is InChI=1S/C23H19FN2O3S/c1-17-13-14-19(30(28,29)26-22-12-6-5-11-21(22)24)16-20(17)23(27)25-15-7-10-18-8-3-2-4-9-18/h2-6,8-9,11-14,16,26H,15H2,1H3,(H,25,27). The number of carbonyl (C=O) groups excluding carboxylic acids is 1. The Morgan fingerprint density at radius 1 is 1.00 bits per heavy atom. The Morgan fingerprint density at radius 2 is 1.70 bits per heavy atom. The molecule has 2 N–H and O–H groups in total. The van der Waals surface area contributed by atoms with E-state index in [1.54, 1.807) is 6.92 Å². The van der Waals surface area contributed by atoms with Gasteiger partial charge in [-0.25, -0.2) is 12.8 Å². The Hall–Kier alpha value is -3.63. The summed E-state index contributed by atoms with van der Waals surface area (Å²) in [6, 6.07) is 18.9. The Kier molecular flexibility index (Phi) is 6.50. The fourth-order valence-electron chi connectivity index (χ4n) is 2.65. The van der Waals surface area contributed by atoms with Gasteiger partial charge in [0.1, 0.15) is 5.82 Å². The van der Waals surface area contributed by atoms with Gasteiger partial charge in [-0.15, -0.1) is 0 Å². The first-order valence-electron chi connectivity index (χ1n) is 9.07. The molecule has 0 atom stereocenters. The van der Waals surface area contributed by atoms with E-state index in [9.17, 15) is 17.6 Å². The van der Waals surface area contributed by atoms with Gasteiger partial charge in [0.2, 0.25) is 0 Å². The van der Waals surface area contributed by atoms with Crippen LogP contribution in [0.15, 0.2) is 77.7 Å². The molecular weight excluding hydrogens is 403 g/mol. The predicted molar refractivity (Wildman–Crippen MR) is 114 cm³/mol. The van der Waals surface area contributed by atoms with Crippen molar-refractivity contribution in [2.75, 3.05) is 11.3 Å². The molecule has 0 aliphatic heterocycles. The SMILES string of the molecule is Cc1ccc(S(=O)(=O)Nc2ccccc2F)cc1C(=O)NCC#Cc1ccccc1. The summed E-state index contributed by atoms with van der Waals surface area (Å²) in [6.07, 6.45) is 0. The van der Waals surface area contributed by atoms with Crippen LogP contribution in [0.3, 0.4) is 0 Å². The van der Waals surface area contributed by atoms with Crippen LogP contribution < -0.4 is 10.0 Å². The normalized spacial score (nSPS) is 10.6. The van der Waals surface area contributed by atoms with Crippen LogP contribution in [0.4, 0.5) is 10.1 Å². The third-order valence-corrected chi connectivity index (χ3v) is 5.59. The van der Waals surface area contributed by atoms with Gasteiger partial charge in [-0.05, 0) is 48.9 Å². The number of benzene rings is 3. The number of hydrogen-bond acceptors (Lipinski definition) is 3. The van der Waals surface area contributed by atoms with E-state index >= 15 is 0 Å². The van der Waals surface area contributed by atoms with Crippen LogP contribution in [-0.2, 0) is 10.0 Å². The largest absolute Gasteiger partial charge is 0.341 e. The van der Waals surface area contributed by atoms with E-state index in [1.807, 2.05) is 30.3 Å². The van der Waals surface area contributed by atoms with Gasteiger partial charge in [0.25, 0.3) is 15.9 Å². The van der Waals surface area contributed by atoms with Crippen LogP contribution in [0.2, 0.25) is 0 Å². The highest BCUT2D eigenvalue weighted by atomic mass is 32.2. The third kappa shape index (κ3) is 5.25. The number of sulfonamides is 1. The van der Waals surface area contributed by atoms with Crippen molar-refractivity contribution in [2.45, 2.75) is 11.8 Å². The Morgan fingerprint density at radius 3 is 2.43 bits per heavy atom. The second-order valence-corrected chi connectivity index (χ2v) is 8.09. The number of nitrogens with one attached hydrogen (secondary N) is 2. The lowest BCUT2D eigenvalue weighted by molar-refractivity contribution is 0.0958. The average Bonchev–Trinajstić information content (AvgIpc) is 2.73. The van der Waals surface area contributed by atoms with Gasteiger partial charge in [-0.3, -0.25) is 9.52 Å². The summed E-state index contributed by atoms with van der Waals surface area (Å²) in [5.41, 5.74) is 1.47. The zero-order valence-corrected chi connectivity index (χ0v) is 17.0. The van der Waals surface area contributed by atoms with Gasteiger partial charge in [-0.1, -0.05) is 48.2 Å². The van der Waals surface area contributed by atoms with Crippen molar-refractivity contribution in [2.24, 2.45) is 0 Å². The zero-order valence-electron chi connectivity index (χ0n) is 16.1. The van der Waals surface area contributed by atoms with Crippen LogP contribution in [0.25, 0.3) is 0 Å². The topological polar surface area (TPSA) is 75.3 Å². The van der Waals surface area contributed by atoms with Crippen LogP contribution >= 0.6 is 0 Å². The third-order valence-electron chi connectivity index (χ3n) is 4.23. The quantitative estimate of drug-likeness (QED) is 0.616. The van der Waals surface area contributed by atoms with E-state index in [1.165, 1.54) is 36.4 Å². The highest BCUT2D eigenvalue weighted by Crippen LogP contribution is 2.21. The minimum Gasteiger partial charge on any atom is -0.341 e. The molecular formula is C23H19FN2O3S. The number of halogens is 1. The lowest BCUT2D eigenvalue weighted by Crippen LogP contribution is -2.25. The molecule has 0 saturated heterocycles. The zero-order chi connectivity index (χ0) is 21.6. The van der Waals surface area contributed by atoms with Gasteiger partial charge >= 0.3 is 0 Å². The van der Waals surface area contributed by atoms with E-state index < -0.39 is 21.7 Å². The number of hydrogen-bond donors (Lipinski definition) is 2. The summed E-state index contributed by atoms with van der Waals surface area (Å²) in [7, 11) is -4.07. The van der Waals surface area contributed by atoms with Crippen molar-refractivity contribution in [1.29, 1.82) is 0 Å². The summed E-state index contributed by atoms with van der Waals surface area (Å²) in [6.45, 7) is 1.81. The first-order valence-corrected chi connectivity index (χ1v) is 10.6. The van der Waals surface area contributed by atoms with Crippen molar-refractivity contribution >= 4 is 21.6 Å². The van der Waals surface area contributed by atoms with E-state index in [2.05, 4.69) is 21.9 Å². The van der Waals surface area contributed by atoms with Crippen molar-refractivity contribution in [3.05, 3.63) is 95.3 Å². The molecule has 0 spiro atoms. The highest BCUT2D eigenvalue weighted by Gasteiger charge is 2.19. The fourth-order valence-corrected chi connectivity index (χ4v) is 3.74. The summed E-state index contributed by atoms with van der Waals surface area (Å²) in [5, 5.41) is 2.66. The first kappa shape index (κ1) is 21.1. The number of rotatable bonds is 5. The molecule has 0 aromatic heterocycles. The smallest absolute Gasteiger partial charge is 0.262 e.